The number of benzene rings is 7. The molecule has 0 amide bonds. The molecular formula is C36H25N. The molecule has 174 valence electrons. The summed E-state index contributed by atoms with van der Waals surface area (Å²) in [5.74, 6) is 0. The average Bonchev–Trinajstić information content (AvgIpc) is 2.97. The topological polar surface area (TPSA) is 3.24 Å². The van der Waals surface area contributed by atoms with Crippen molar-refractivity contribution in [2.75, 3.05) is 4.90 Å². The van der Waals surface area contributed by atoms with Crippen molar-refractivity contribution in [2.45, 2.75) is 0 Å². The second-order valence-electron chi connectivity index (χ2n) is 9.45. The third-order valence-corrected chi connectivity index (χ3v) is 7.17. The third-order valence-electron chi connectivity index (χ3n) is 7.17. The van der Waals surface area contributed by atoms with Crippen LogP contribution in [0, 0.1) is 0 Å². The number of nitrogens with zero attached hydrogens (tertiary/aromatic N) is 1. The van der Waals surface area contributed by atoms with Crippen LogP contribution in [-0.4, -0.2) is 0 Å². The van der Waals surface area contributed by atoms with Crippen LogP contribution < -0.4 is 4.90 Å². The zero-order valence-corrected chi connectivity index (χ0v) is 20.4. The summed E-state index contributed by atoms with van der Waals surface area (Å²) in [6, 6.07) is 54.5. The maximum atomic E-state index is 2.34. The number of rotatable bonds is 4. The van der Waals surface area contributed by atoms with Gasteiger partial charge in [-0.15, -0.1) is 0 Å². The Labute approximate surface area is 216 Å². The van der Waals surface area contributed by atoms with Crippen LogP contribution in [0.4, 0.5) is 17.1 Å². The second kappa shape index (κ2) is 8.96. The molecule has 1 nitrogen and oxygen atoms in total. The highest BCUT2D eigenvalue weighted by Gasteiger charge is 2.14. The number of hydrogen-bond acceptors (Lipinski definition) is 1. The van der Waals surface area contributed by atoms with Gasteiger partial charge in [-0.3, -0.25) is 0 Å². The van der Waals surface area contributed by atoms with E-state index in [1.807, 2.05) is 0 Å². The SMILES string of the molecule is c1ccc(N(c2ccccc2)c2ccc3cc(-c4c5ccccc5cc5ccccc45)ccc3c2)cc1. The van der Waals surface area contributed by atoms with Gasteiger partial charge in [-0.2, -0.15) is 0 Å². The Morgan fingerprint density at radius 1 is 0.324 bits per heavy atom. The summed E-state index contributed by atoms with van der Waals surface area (Å²) in [7, 11) is 0. The van der Waals surface area contributed by atoms with Gasteiger partial charge in [0.2, 0.25) is 0 Å². The predicted octanol–water partition coefficient (Wildman–Crippen LogP) is 10.3. The van der Waals surface area contributed by atoms with E-state index in [9.17, 15) is 0 Å². The minimum absolute atomic E-state index is 1.15. The van der Waals surface area contributed by atoms with Crippen LogP contribution >= 0.6 is 0 Å². The Morgan fingerprint density at radius 2 is 0.838 bits per heavy atom. The van der Waals surface area contributed by atoms with Gasteiger partial charge in [0.1, 0.15) is 0 Å². The predicted molar refractivity (Wildman–Crippen MR) is 159 cm³/mol. The van der Waals surface area contributed by atoms with Crippen molar-refractivity contribution in [1.82, 2.24) is 0 Å². The van der Waals surface area contributed by atoms with Gasteiger partial charge in [0.15, 0.2) is 0 Å². The molecule has 0 aromatic heterocycles. The largest absolute Gasteiger partial charge is 0.310 e. The maximum absolute atomic E-state index is 2.34. The lowest BCUT2D eigenvalue weighted by Gasteiger charge is -2.25. The van der Waals surface area contributed by atoms with E-state index >= 15 is 0 Å². The highest BCUT2D eigenvalue weighted by atomic mass is 15.1. The molecule has 7 aromatic rings. The summed E-state index contributed by atoms with van der Waals surface area (Å²) in [6.07, 6.45) is 0. The van der Waals surface area contributed by atoms with E-state index in [1.165, 1.54) is 43.4 Å². The van der Waals surface area contributed by atoms with E-state index in [-0.39, 0.29) is 0 Å². The smallest absolute Gasteiger partial charge is 0.0468 e. The molecule has 0 fully saturated rings. The highest BCUT2D eigenvalue weighted by Crippen LogP contribution is 2.39. The molecular weight excluding hydrogens is 446 g/mol. The van der Waals surface area contributed by atoms with Crippen LogP contribution in [0.15, 0.2) is 152 Å². The molecule has 7 rings (SSSR count). The summed E-state index contributed by atoms with van der Waals surface area (Å²) in [4.78, 5) is 2.31. The van der Waals surface area contributed by atoms with E-state index in [0.29, 0.717) is 0 Å². The first-order valence-corrected chi connectivity index (χ1v) is 12.7. The minimum Gasteiger partial charge on any atom is -0.310 e. The lowest BCUT2D eigenvalue weighted by molar-refractivity contribution is 1.29. The Kier molecular flexibility index (Phi) is 5.19. The first-order chi connectivity index (χ1) is 18.3. The zero-order valence-electron chi connectivity index (χ0n) is 20.4. The number of para-hydroxylation sites is 2. The number of fused-ring (bicyclic) bond motifs is 3. The second-order valence-corrected chi connectivity index (χ2v) is 9.45. The summed E-state index contributed by atoms with van der Waals surface area (Å²) < 4.78 is 0. The summed E-state index contributed by atoms with van der Waals surface area (Å²) in [5.41, 5.74) is 5.98. The average molecular weight is 472 g/mol. The molecule has 0 aliphatic rings. The Hall–Kier alpha value is -4.88. The molecule has 0 spiro atoms. The first kappa shape index (κ1) is 21.4. The molecule has 0 heterocycles. The van der Waals surface area contributed by atoms with Crippen LogP contribution in [0.1, 0.15) is 0 Å². The fraction of sp³-hybridized carbons (Fsp3) is 0. The van der Waals surface area contributed by atoms with Crippen LogP contribution in [-0.2, 0) is 0 Å². The van der Waals surface area contributed by atoms with E-state index in [4.69, 9.17) is 0 Å². The minimum atomic E-state index is 1.15. The monoisotopic (exact) mass is 471 g/mol. The molecule has 0 unspecified atom stereocenters. The van der Waals surface area contributed by atoms with Crippen LogP contribution in [0.5, 0.6) is 0 Å². The fourth-order valence-corrected chi connectivity index (χ4v) is 5.45. The van der Waals surface area contributed by atoms with Gasteiger partial charge in [-0.05, 0) is 92.0 Å². The Morgan fingerprint density at radius 3 is 1.46 bits per heavy atom. The van der Waals surface area contributed by atoms with E-state index in [0.717, 1.165) is 17.1 Å². The van der Waals surface area contributed by atoms with E-state index in [2.05, 4.69) is 157 Å². The van der Waals surface area contributed by atoms with Crippen molar-refractivity contribution in [3.8, 4) is 11.1 Å². The number of hydrogen-bond donors (Lipinski definition) is 0. The van der Waals surface area contributed by atoms with Crippen molar-refractivity contribution < 1.29 is 0 Å². The van der Waals surface area contributed by atoms with Crippen molar-refractivity contribution in [3.63, 3.8) is 0 Å². The molecule has 1 heteroatoms. The van der Waals surface area contributed by atoms with Crippen molar-refractivity contribution in [2.24, 2.45) is 0 Å². The molecule has 7 aromatic carbocycles. The van der Waals surface area contributed by atoms with Crippen molar-refractivity contribution in [1.29, 1.82) is 0 Å². The molecule has 0 aliphatic carbocycles. The molecule has 0 radical (unpaired) electrons. The highest BCUT2D eigenvalue weighted by molar-refractivity contribution is 6.13. The van der Waals surface area contributed by atoms with Gasteiger partial charge in [0, 0.05) is 17.1 Å². The van der Waals surface area contributed by atoms with Gasteiger partial charge >= 0.3 is 0 Å². The van der Waals surface area contributed by atoms with E-state index < -0.39 is 0 Å². The van der Waals surface area contributed by atoms with Crippen molar-refractivity contribution in [3.05, 3.63) is 152 Å². The molecule has 37 heavy (non-hydrogen) atoms. The van der Waals surface area contributed by atoms with Gasteiger partial charge in [0.25, 0.3) is 0 Å². The lowest BCUT2D eigenvalue weighted by Crippen LogP contribution is -2.09. The summed E-state index contributed by atoms with van der Waals surface area (Å²) >= 11 is 0. The third kappa shape index (κ3) is 3.82. The van der Waals surface area contributed by atoms with Gasteiger partial charge in [0.05, 0.1) is 0 Å². The normalized spacial score (nSPS) is 11.2. The Balaban J connectivity index is 1.39. The van der Waals surface area contributed by atoms with Crippen LogP contribution in [0.2, 0.25) is 0 Å². The van der Waals surface area contributed by atoms with Crippen molar-refractivity contribution >= 4 is 49.4 Å². The molecule has 0 bridgehead atoms. The fourth-order valence-electron chi connectivity index (χ4n) is 5.45. The molecule has 0 N–H and O–H groups in total. The van der Waals surface area contributed by atoms with Gasteiger partial charge in [-0.1, -0.05) is 103 Å². The Bertz CT molecular complexity index is 1780. The molecule has 0 saturated carbocycles. The van der Waals surface area contributed by atoms with Gasteiger partial charge < -0.3 is 4.90 Å². The van der Waals surface area contributed by atoms with Gasteiger partial charge in [-0.25, -0.2) is 0 Å². The maximum Gasteiger partial charge on any atom is 0.0468 e. The quantitative estimate of drug-likeness (QED) is 0.231. The zero-order chi connectivity index (χ0) is 24.6. The summed E-state index contributed by atoms with van der Waals surface area (Å²) in [6.45, 7) is 0. The molecule has 0 atom stereocenters. The van der Waals surface area contributed by atoms with E-state index in [1.54, 1.807) is 0 Å². The molecule has 0 aliphatic heterocycles. The number of anilines is 3. The lowest BCUT2D eigenvalue weighted by atomic mass is 9.91. The van der Waals surface area contributed by atoms with Crippen LogP contribution in [0.3, 0.4) is 0 Å². The van der Waals surface area contributed by atoms with Crippen LogP contribution in [0.25, 0.3) is 43.4 Å². The first-order valence-electron chi connectivity index (χ1n) is 12.7. The molecule has 0 saturated heterocycles. The summed E-state index contributed by atoms with van der Waals surface area (Å²) in [5, 5.41) is 7.58. The standard InChI is InChI=1S/C36H25N/c1-3-13-31(14-4-1)37(32-15-5-2-6-16-32)33-22-21-26-23-30(20-19-27(26)25-33)36-34-17-9-7-11-28(34)24-29-12-8-10-18-35(29)36/h1-25H.